The standard InChI is InChI=1S/C13H8N4O2/c14-5-8-6-15-17-12(8)16-13(18)10-7-19-11-4-2-1-3-9(10)11/h1-4,6-7H,(H2,15,16,17,18). The van der Waals surface area contributed by atoms with E-state index in [9.17, 15) is 4.79 Å². The maximum absolute atomic E-state index is 12.1. The maximum atomic E-state index is 12.1. The predicted molar refractivity (Wildman–Crippen MR) is 67.5 cm³/mol. The van der Waals surface area contributed by atoms with Gasteiger partial charge in [0.15, 0.2) is 0 Å². The van der Waals surface area contributed by atoms with E-state index < -0.39 is 0 Å². The fraction of sp³-hybridized carbons (Fsp3) is 0. The number of H-pyrrole nitrogens is 1. The Labute approximate surface area is 107 Å². The molecule has 3 rings (SSSR count). The second-order valence-corrected chi connectivity index (χ2v) is 3.87. The smallest absolute Gasteiger partial charge is 0.260 e. The molecule has 2 heterocycles. The molecule has 1 amide bonds. The molecule has 6 nitrogen and oxygen atoms in total. The number of anilines is 1. The summed E-state index contributed by atoms with van der Waals surface area (Å²) in [6.07, 6.45) is 2.74. The molecule has 0 aliphatic carbocycles. The SMILES string of the molecule is N#Cc1cn[nH]c1NC(=O)c1coc2ccccc12. The van der Waals surface area contributed by atoms with Crippen molar-refractivity contribution in [3.8, 4) is 6.07 Å². The molecule has 3 aromatic rings. The second-order valence-electron chi connectivity index (χ2n) is 3.87. The molecule has 0 unspecified atom stereocenters. The molecule has 0 atom stereocenters. The Hall–Kier alpha value is -3.07. The highest BCUT2D eigenvalue weighted by Crippen LogP contribution is 2.21. The largest absolute Gasteiger partial charge is 0.463 e. The highest BCUT2D eigenvalue weighted by molar-refractivity contribution is 6.12. The Balaban J connectivity index is 1.95. The minimum Gasteiger partial charge on any atom is -0.463 e. The summed E-state index contributed by atoms with van der Waals surface area (Å²) in [7, 11) is 0. The average Bonchev–Trinajstić information content (AvgIpc) is 3.04. The molecule has 0 radical (unpaired) electrons. The van der Waals surface area contributed by atoms with Gasteiger partial charge in [-0.3, -0.25) is 9.89 Å². The molecule has 6 heteroatoms. The zero-order valence-corrected chi connectivity index (χ0v) is 9.68. The van der Waals surface area contributed by atoms with Gasteiger partial charge in [0.25, 0.3) is 5.91 Å². The van der Waals surface area contributed by atoms with E-state index in [1.165, 1.54) is 12.5 Å². The van der Waals surface area contributed by atoms with Gasteiger partial charge in [0.2, 0.25) is 0 Å². The number of nitrogens with zero attached hydrogens (tertiary/aromatic N) is 2. The van der Waals surface area contributed by atoms with Crippen molar-refractivity contribution in [2.24, 2.45) is 0 Å². The number of nitrogens with one attached hydrogen (secondary N) is 2. The number of aromatic nitrogens is 2. The van der Waals surface area contributed by atoms with E-state index >= 15 is 0 Å². The van der Waals surface area contributed by atoms with E-state index in [4.69, 9.17) is 9.68 Å². The van der Waals surface area contributed by atoms with Crippen molar-refractivity contribution in [3.05, 3.63) is 47.9 Å². The Morgan fingerprint density at radius 2 is 2.26 bits per heavy atom. The number of furan rings is 1. The average molecular weight is 252 g/mol. The summed E-state index contributed by atoms with van der Waals surface area (Å²) in [5, 5.41) is 18.4. The van der Waals surface area contributed by atoms with Gasteiger partial charge in [0, 0.05) is 5.39 Å². The Bertz CT molecular complexity index is 794. The van der Waals surface area contributed by atoms with Crippen LogP contribution in [0.5, 0.6) is 0 Å². The first kappa shape index (κ1) is 11.0. The fourth-order valence-electron chi connectivity index (χ4n) is 1.80. The van der Waals surface area contributed by atoms with Crippen LogP contribution < -0.4 is 5.32 Å². The van der Waals surface area contributed by atoms with Crippen LogP contribution in [0.3, 0.4) is 0 Å². The third-order valence-corrected chi connectivity index (χ3v) is 2.72. The number of carbonyl (C=O) groups is 1. The summed E-state index contributed by atoms with van der Waals surface area (Å²) in [4.78, 5) is 12.1. The van der Waals surface area contributed by atoms with E-state index in [0.29, 0.717) is 11.1 Å². The molecule has 92 valence electrons. The normalized spacial score (nSPS) is 10.3. The molecule has 0 bridgehead atoms. The van der Waals surface area contributed by atoms with Crippen LogP contribution in [-0.4, -0.2) is 16.1 Å². The molecule has 1 aromatic carbocycles. The minimum absolute atomic E-state index is 0.276. The highest BCUT2D eigenvalue weighted by Gasteiger charge is 2.15. The number of hydrogen-bond acceptors (Lipinski definition) is 4. The summed E-state index contributed by atoms with van der Waals surface area (Å²) >= 11 is 0. The van der Waals surface area contributed by atoms with E-state index in [1.807, 2.05) is 18.2 Å². The summed E-state index contributed by atoms with van der Waals surface area (Å²) in [5.74, 6) is -0.0801. The van der Waals surface area contributed by atoms with Crippen molar-refractivity contribution in [3.63, 3.8) is 0 Å². The van der Waals surface area contributed by atoms with Gasteiger partial charge < -0.3 is 9.73 Å². The van der Waals surface area contributed by atoms with Crippen LogP contribution in [-0.2, 0) is 0 Å². The molecule has 2 N–H and O–H groups in total. The highest BCUT2D eigenvalue weighted by atomic mass is 16.3. The quantitative estimate of drug-likeness (QED) is 0.731. The van der Waals surface area contributed by atoms with Crippen LogP contribution in [0.1, 0.15) is 15.9 Å². The van der Waals surface area contributed by atoms with Crippen LogP contribution in [0.25, 0.3) is 11.0 Å². The lowest BCUT2D eigenvalue weighted by Crippen LogP contribution is -2.12. The van der Waals surface area contributed by atoms with Gasteiger partial charge in [-0.1, -0.05) is 18.2 Å². The zero-order chi connectivity index (χ0) is 13.2. The van der Waals surface area contributed by atoms with E-state index in [0.717, 1.165) is 5.39 Å². The molecule has 0 fully saturated rings. The van der Waals surface area contributed by atoms with Crippen molar-refractivity contribution in [1.82, 2.24) is 10.2 Å². The molecule has 19 heavy (non-hydrogen) atoms. The number of benzene rings is 1. The summed E-state index contributed by atoms with van der Waals surface area (Å²) < 4.78 is 5.29. The van der Waals surface area contributed by atoms with Crippen LogP contribution in [0.15, 0.2) is 41.1 Å². The van der Waals surface area contributed by atoms with Crippen molar-refractivity contribution >= 4 is 22.7 Å². The third-order valence-electron chi connectivity index (χ3n) is 2.72. The zero-order valence-electron chi connectivity index (χ0n) is 9.68. The number of fused-ring (bicyclic) bond motifs is 1. The van der Waals surface area contributed by atoms with Gasteiger partial charge in [0.1, 0.15) is 29.3 Å². The first-order valence-electron chi connectivity index (χ1n) is 5.50. The lowest BCUT2D eigenvalue weighted by atomic mass is 10.1. The van der Waals surface area contributed by atoms with Crippen LogP contribution in [0.4, 0.5) is 5.82 Å². The molecular weight excluding hydrogens is 244 g/mol. The Morgan fingerprint density at radius 3 is 3.11 bits per heavy atom. The maximum Gasteiger partial charge on any atom is 0.260 e. The van der Waals surface area contributed by atoms with Crippen molar-refractivity contribution < 1.29 is 9.21 Å². The first-order chi connectivity index (χ1) is 9.29. The number of nitriles is 1. The third kappa shape index (κ3) is 1.83. The summed E-state index contributed by atoms with van der Waals surface area (Å²) in [6.45, 7) is 0. The Kier molecular flexibility index (Phi) is 2.50. The summed E-state index contributed by atoms with van der Waals surface area (Å²) in [5.41, 5.74) is 1.33. The van der Waals surface area contributed by atoms with Gasteiger partial charge in [0.05, 0.1) is 11.8 Å². The van der Waals surface area contributed by atoms with Crippen molar-refractivity contribution in [2.75, 3.05) is 5.32 Å². The monoisotopic (exact) mass is 252 g/mol. The molecule has 0 aliphatic heterocycles. The molecule has 2 aromatic heterocycles. The molecule has 0 saturated carbocycles. The number of aromatic amines is 1. The van der Waals surface area contributed by atoms with Gasteiger partial charge in [-0.15, -0.1) is 0 Å². The molecule has 0 spiro atoms. The van der Waals surface area contributed by atoms with Gasteiger partial charge in [-0.05, 0) is 6.07 Å². The molecule has 0 saturated heterocycles. The van der Waals surface area contributed by atoms with E-state index in [-0.39, 0.29) is 17.3 Å². The minimum atomic E-state index is -0.356. The summed E-state index contributed by atoms with van der Waals surface area (Å²) in [6, 6.07) is 9.16. The molecule has 0 aliphatic rings. The lowest BCUT2D eigenvalue weighted by molar-refractivity contribution is 0.102. The van der Waals surface area contributed by atoms with Gasteiger partial charge in [-0.2, -0.15) is 10.4 Å². The topological polar surface area (TPSA) is 94.7 Å². The fourth-order valence-corrected chi connectivity index (χ4v) is 1.80. The van der Waals surface area contributed by atoms with Crippen molar-refractivity contribution in [2.45, 2.75) is 0 Å². The van der Waals surface area contributed by atoms with E-state index in [2.05, 4.69) is 15.5 Å². The number of hydrogen-bond donors (Lipinski definition) is 2. The van der Waals surface area contributed by atoms with E-state index in [1.54, 1.807) is 12.1 Å². The number of rotatable bonds is 2. The number of amides is 1. The Morgan fingerprint density at radius 1 is 1.42 bits per heavy atom. The predicted octanol–water partition coefficient (Wildman–Crippen LogP) is 2.28. The van der Waals surface area contributed by atoms with Crippen LogP contribution in [0, 0.1) is 11.3 Å². The number of carbonyl (C=O) groups excluding carboxylic acids is 1. The second kappa shape index (κ2) is 4.31. The van der Waals surface area contributed by atoms with Gasteiger partial charge in [-0.25, -0.2) is 0 Å². The lowest BCUT2D eigenvalue weighted by Gasteiger charge is -2.00. The molecular formula is C13H8N4O2. The van der Waals surface area contributed by atoms with Crippen molar-refractivity contribution in [1.29, 1.82) is 5.26 Å². The van der Waals surface area contributed by atoms with Crippen LogP contribution in [0.2, 0.25) is 0 Å². The van der Waals surface area contributed by atoms with Crippen LogP contribution >= 0.6 is 0 Å². The van der Waals surface area contributed by atoms with Gasteiger partial charge >= 0.3 is 0 Å². The first-order valence-corrected chi connectivity index (χ1v) is 5.50. The number of para-hydroxylation sites is 1.